The molecule has 6 nitrogen and oxygen atoms in total. The average molecular weight is 343 g/mol. The van der Waals surface area contributed by atoms with Crippen molar-refractivity contribution in [2.24, 2.45) is 5.92 Å². The number of benzene rings is 1. The van der Waals surface area contributed by atoms with Crippen molar-refractivity contribution in [2.45, 2.75) is 44.2 Å². The minimum absolute atomic E-state index is 0.157. The van der Waals surface area contributed by atoms with Crippen molar-refractivity contribution in [3.8, 4) is 5.75 Å². The van der Waals surface area contributed by atoms with Gasteiger partial charge in [0.1, 0.15) is 11.3 Å². The van der Waals surface area contributed by atoms with Gasteiger partial charge < -0.3 is 19.9 Å². The molecule has 1 aliphatic carbocycles. The van der Waals surface area contributed by atoms with E-state index < -0.39 is 0 Å². The molecule has 0 radical (unpaired) electrons. The lowest BCUT2D eigenvalue weighted by Gasteiger charge is -2.26. The van der Waals surface area contributed by atoms with Crippen LogP contribution in [-0.4, -0.2) is 47.0 Å². The Morgan fingerprint density at radius 3 is 2.88 bits per heavy atom. The summed E-state index contributed by atoms with van der Waals surface area (Å²) in [6.07, 6.45) is 6.31. The Kier molecular flexibility index (Phi) is 4.99. The van der Waals surface area contributed by atoms with Crippen molar-refractivity contribution in [1.29, 1.82) is 0 Å². The third-order valence-corrected chi connectivity index (χ3v) is 5.10. The van der Waals surface area contributed by atoms with Crippen LogP contribution in [0.4, 0.5) is 5.95 Å². The van der Waals surface area contributed by atoms with Crippen LogP contribution in [0.3, 0.4) is 0 Å². The number of anilines is 1. The number of nitrogens with zero attached hydrogens (tertiary/aromatic N) is 2. The zero-order valence-corrected chi connectivity index (χ0v) is 14.4. The molecule has 0 bridgehead atoms. The number of nitrogens with one attached hydrogen (secondary N) is 1. The van der Waals surface area contributed by atoms with Crippen molar-refractivity contribution in [3.63, 3.8) is 0 Å². The fourth-order valence-electron chi connectivity index (χ4n) is 3.54. The van der Waals surface area contributed by atoms with Gasteiger partial charge in [0, 0.05) is 30.1 Å². The summed E-state index contributed by atoms with van der Waals surface area (Å²) in [6.45, 7) is 2.27. The molecule has 2 N–H and O–H groups in total. The first-order valence-electron chi connectivity index (χ1n) is 9.19. The SMILES string of the molecule is O[C@H]1CC[C@H](Nc2ncc3cccc(OCC4CCOC4)c3n2)CC1. The van der Waals surface area contributed by atoms with Gasteiger partial charge in [-0.15, -0.1) is 0 Å². The third kappa shape index (κ3) is 4.02. The van der Waals surface area contributed by atoms with Crippen molar-refractivity contribution in [2.75, 3.05) is 25.1 Å². The number of rotatable bonds is 5. The van der Waals surface area contributed by atoms with E-state index in [1.54, 1.807) is 0 Å². The number of fused-ring (bicyclic) bond motifs is 1. The molecule has 2 fully saturated rings. The maximum atomic E-state index is 9.64. The first kappa shape index (κ1) is 16.5. The number of aliphatic hydroxyl groups excluding tert-OH is 1. The maximum absolute atomic E-state index is 9.64. The number of hydrogen-bond acceptors (Lipinski definition) is 6. The van der Waals surface area contributed by atoms with E-state index in [-0.39, 0.29) is 6.10 Å². The Bertz CT molecular complexity index is 710. The molecule has 1 atom stereocenters. The molecule has 0 spiro atoms. The molecule has 1 aromatic carbocycles. The number of hydrogen-bond donors (Lipinski definition) is 2. The van der Waals surface area contributed by atoms with Crippen LogP contribution in [0.5, 0.6) is 5.75 Å². The normalized spacial score (nSPS) is 26.7. The van der Waals surface area contributed by atoms with E-state index in [9.17, 15) is 5.11 Å². The minimum atomic E-state index is -0.157. The number of aromatic nitrogens is 2. The Hall–Kier alpha value is -1.92. The summed E-state index contributed by atoms with van der Waals surface area (Å²) < 4.78 is 11.4. The molecular formula is C19H25N3O3. The highest BCUT2D eigenvalue weighted by atomic mass is 16.5. The molecular weight excluding hydrogens is 318 g/mol. The third-order valence-electron chi connectivity index (χ3n) is 5.10. The zero-order valence-electron chi connectivity index (χ0n) is 14.4. The lowest BCUT2D eigenvalue weighted by Crippen LogP contribution is -2.28. The number of aliphatic hydroxyl groups is 1. The maximum Gasteiger partial charge on any atom is 0.223 e. The predicted octanol–water partition coefficient (Wildman–Crippen LogP) is 2.76. The van der Waals surface area contributed by atoms with E-state index in [4.69, 9.17) is 14.5 Å². The fraction of sp³-hybridized carbons (Fsp3) is 0.579. The molecule has 4 rings (SSSR count). The molecule has 2 aliphatic rings. The highest BCUT2D eigenvalue weighted by Gasteiger charge is 2.20. The minimum Gasteiger partial charge on any atom is -0.491 e. The fourth-order valence-corrected chi connectivity index (χ4v) is 3.54. The van der Waals surface area contributed by atoms with Crippen LogP contribution in [0, 0.1) is 5.92 Å². The second kappa shape index (κ2) is 7.54. The first-order chi connectivity index (χ1) is 12.3. The van der Waals surface area contributed by atoms with Gasteiger partial charge >= 0.3 is 0 Å². The van der Waals surface area contributed by atoms with Gasteiger partial charge in [-0.05, 0) is 38.2 Å². The summed E-state index contributed by atoms with van der Waals surface area (Å²) in [6, 6.07) is 6.26. The summed E-state index contributed by atoms with van der Waals surface area (Å²) in [4.78, 5) is 9.13. The zero-order chi connectivity index (χ0) is 17.1. The molecule has 1 aromatic heterocycles. The average Bonchev–Trinajstić information content (AvgIpc) is 3.15. The van der Waals surface area contributed by atoms with Gasteiger partial charge in [0.05, 0.1) is 19.3 Å². The summed E-state index contributed by atoms with van der Waals surface area (Å²) in [5.41, 5.74) is 0.842. The lowest BCUT2D eigenvalue weighted by molar-refractivity contribution is 0.126. The van der Waals surface area contributed by atoms with Crippen LogP contribution in [0.1, 0.15) is 32.1 Å². The predicted molar refractivity (Wildman–Crippen MR) is 95.8 cm³/mol. The molecule has 1 saturated heterocycles. The van der Waals surface area contributed by atoms with Crippen LogP contribution in [0.2, 0.25) is 0 Å². The van der Waals surface area contributed by atoms with E-state index in [2.05, 4.69) is 10.3 Å². The van der Waals surface area contributed by atoms with Gasteiger partial charge in [-0.1, -0.05) is 12.1 Å². The molecule has 1 aliphatic heterocycles. The second-order valence-corrected chi connectivity index (χ2v) is 7.08. The molecule has 2 heterocycles. The highest BCUT2D eigenvalue weighted by molar-refractivity contribution is 5.84. The second-order valence-electron chi connectivity index (χ2n) is 7.08. The first-order valence-corrected chi connectivity index (χ1v) is 9.19. The van der Waals surface area contributed by atoms with Gasteiger partial charge in [-0.25, -0.2) is 9.97 Å². The Morgan fingerprint density at radius 2 is 2.08 bits per heavy atom. The molecule has 1 saturated carbocycles. The Morgan fingerprint density at radius 1 is 1.20 bits per heavy atom. The van der Waals surface area contributed by atoms with Crippen LogP contribution >= 0.6 is 0 Å². The van der Waals surface area contributed by atoms with Crippen molar-refractivity contribution >= 4 is 16.9 Å². The molecule has 0 amide bonds. The molecule has 6 heteroatoms. The highest BCUT2D eigenvalue weighted by Crippen LogP contribution is 2.27. The quantitative estimate of drug-likeness (QED) is 0.869. The largest absolute Gasteiger partial charge is 0.491 e. The summed E-state index contributed by atoms with van der Waals surface area (Å²) in [5.74, 6) is 1.89. The van der Waals surface area contributed by atoms with Crippen molar-refractivity contribution < 1.29 is 14.6 Å². The van der Waals surface area contributed by atoms with E-state index in [1.165, 1.54) is 0 Å². The van der Waals surface area contributed by atoms with Crippen LogP contribution < -0.4 is 10.1 Å². The Balaban J connectivity index is 1.48. The summed E-state index contributed by atoms with van der Waals surface area (Å²) >= 11 is 0. The van der Waals surface area contributed by atoms with Gasteiger partial charge in [-0.2, -0.15) is 0 Å². The number of ether oxygens (including phenoxy) is 2. The lowest BCUT2D eigenvalue weighted by atomic mass is 9.93. The Labute approximate surface area is 147 Å². The van der Waals surface area contributed by atoms with E-state index in [0.29, 0.717) is 24.5 Å². The molecule has 1 unspecified atom stereocenters. The van der Waals surface area contributed by atoms with E-state index in [0.717, 1.165) is 62.0 Å². The van der Waals surface area contributed by atoms with Gasteiger partial charge in [-0.3, -0.25) is 0 Å². The summed E-state index contributed by atoms with van der Waals surface area (Å²) in [5, 5.41) is 14.0. The van der Waals surface area contributed by atoms with Gasteiger partial charge in [0.2, 0.25) is 5.95 Å². The van der Waals surface area contributed by atoms with Crippen molar-refractivity contribution in [3.05, 3.63) is 24.4 Å². The van der Waals surface area contributed by atoms with Crippen LogP contribution in [-0.2, 0) is 4.74 Å². The van der Waals surface area contributed by atoms with Crippen LogP contribution in [0.25, 0.3) is 10.9 Å². The topological polar surface area (TPSA) is 76.5 Å². The van der Waals surface area contributed by atoms with E-state index >= 15 is 0 Å². The monoisotopic (exact) mass is 343 g/mol. The van der Waals surface area contributed by atoms with Crippen molar-refractivity contribution in [1.82, 2.24) is 9.97 Å². The van der Waals surface area contributed by atoms with Crippen LogP contribution in [0.15, 0.2) is 24.4 Å². The molecule has 134 valence electrons. The standard InChI is InChI=1S/C19H25N3O3/c23-16-6-4-15(5-7-16)21-19-20-10-14-2-1-3-17(18(14)22-19)25-12-13-8-9-24-11-13/h1-3,10,13,15-16,23H,4-9,11-12H2,(H,20,21,22)/t13?,15-,16-. The van der Waals surface area contributed by atoms with Gasteiger partial charge in [0.25, 0.3) is 0 Å². The van der Waals surface area contributed by atoms with E-state index in [1.807, 2.05) is 24.4 Å². The molecule has 25 heavy (non-hydrogen) atoms. The smallest absolute Gasteiger partial charge is 0.223 e. The number of para-hydroxylation sites is 1. The molecule has 2 aromatic rings. The van der Waals surface area contributed by atoms with Gasteiger partial charge in [0.15, 0.2) is 0 Å². The summed E-state index contributed by atoms with van der Waals surface area (Å²) in [7, 11) is 0.